The van der Waals surface area contributed by atoms with Crippen molar-refractivity contribution in [2.45, 2.75) is 23.8 Å². The van der Waals surface area contributed by atoms with E-state index in [0.29, 0.717) is 4.71 Å². The molecule has 1 aliphatic heterocycles. The Morgan fingerprint density at radius 2 is 1.84 bits per heavy atom. The van der Waals surface area contributed by atoms with Crippen LogP contribution in [0.2, 0.25) is 4.71 Å². The van der Waals surface area contributed by atoms with E-state index in [-0.39, 0.29) is 11.5 Å². The summed E-state index contributed by atoms with van der Waals surface area (Å²) in [5, 5.41) is 18.0. The van der Waals surface area contributed by atoms with Gasteiger partial charge >= 0.3 is 117 Å². The van der Waals surface area contributed by atoms with E-state index in [9.17, 15) is 9.59 Å². The molecule has 102 valence electrons. The van der Waals surface area contributed by atoms with Crippen molar-refractivity contribution in [3.63, 3.8) is 0 Å². The number of ether oxygens (including phenoxy) is 2. The first-order valence-electron chi connectivity index (χ1n) is 5.58. The molecular formula is C12H13AsO6. The van der Waals surface area contributed by atoms with Crippen molar-refractivity contribution in [2.24, 2.45) is 0 Å². The van der Waals surface area contributed by atoms with Crippen LogP contribution in [-0.2, 0) is 16.0 Å². The molecule has 0 bridgehead atoms. The van der Waals surface area contributed by atoms with Crippen LogP contribution in [0.15, 0.2) is 18.2 Å². The number of carbonyl (C=O) groups is 2. The van der Waals surface area contributed by atoms with Crippen molar-refractivity contribution in [3.8, 4) is 11.5 Å². The summed E-state index contributed by atoms with van der Waals surface area (Å²) in [4.78, 5) is 22.1. The van der Waals surface area contributed by atoms with Gasteiger partial charge in [0.05, 0.1) is 0 Å². The van der Waals surface area contributed by atoms with Crippen LogP contribution in [0.3, 0.4) is 0 Å². The molecule has 7 heteroatoms. The van der Waals surface area contributed by atoms with E-state index >= 15 is 0 Å². The number of hydrogen-bond acceptors (Lipinski definition) is 4. The maximum atomic E-state index is 11.1. The SMILES string of the molecule is C[C@@H]([AsH2])Cc1ccc2c(c1)OC(C(=O)O)(C(=O)O)O2. The molecule has 0 aliphatic carbocycles. The van der Waals surface area contributed by atoms with Crippen molar-refractivity contribution in [2.75, 3.05) is 0 Å². The van der Waals surface area contributed by atoms with Gasteiger partial charge in [-0.15, -0.1) is 0 Å². The van der Waals surface area contributed by atoms with Gasteiger partial charge in [0.1, 0.15) is 0 Å². The maximum absolute atomic E-state index is 11.1. The Morgan fingerprint density at radius 3 is 2.37 bits per heavy atom. The third-order valence-electron chi connectivity index (χ3n) is 2.64. The summed E-state index contributed by atoms with van der Waals surface area (Å²) in [6.45, 7) is 2.07. The van der Waals surface area contributed by atoms with Crippen LogP contribution in [0.25, 0.3) is 0 Å². The number of benzene rings is 1. The first-order chi connectivity index (χ1) is 8.85. The first kappa shape index (κ1) is 13.7. The quantitative estimate of drug-likeness (QED) is 0.610. The minimum absolute atomic E-state index is 0.128. The topological polar surface area (TPSA) is 93.1 Å². The van der Waals surface area contributed by atoms with Crippen LogP contribution in [0, 0.1) is 0 Å². The summed E-state index contributed by atoms with van der Waals surface area (Å²) >= 11 is 1.59. The number of fused-ring (bicyclic) bond motifs is 1. The Kier molecular flexibility index (Phi) is 3.45. The molecule has 1 aromatic carbocycles. The number of carboxylic acid groups (broad SMARTS) is 2. The van der Waals surface area contributed by atoms with Crippen molar-refractivity contribution < 1.29 is 29.3 Å². The van der Waals surface area contributed by atoms with E-state index in [4.69, 9.17) is 19.7 Å². The average molecular weight is 328 g/mol. The summed E-state index contributed by atoms with van der Waals surface area (Å²) in [6, 6.07) is 4.94. The molecule has 19 heavy (non-hydrogen) atoms. The summed E-state index contributed by atoms with van der Waals surface area (Å²) in [5.74, 6) is -5.78. The Hall–Kier alpha value is -1.68. The van der Waals surface area contributed by atoms with Crippen molar-refractivity contribution in [1.82, 2.24) is 0 Å². The molecule has 0 amide bonds. The molecular weight excluding hydrogens is 315 g/mol. The molecule has 0 spiro atoms. The second-order valence-electron chi connectivity index (χ2n) is 4.39. The molecule has 2 rings (SSSR count). The predicted octanol–water partition coefficient (Wildman–Crippen LogP) is 0.307. The third-order valence-corrected chi connectivity index (χ3v) is 3.13. The van der Waals surface area contributed by atoms with Crippen LogP contribution in [0.4, 0.5) is 0 Å². The van der Waals surface area contributed by atoms with Gasteiger partial charge in [0.2, 0.25) is 0 Å². The average Bonchev–Trinajstić information content (AvgIpc) is 2.68. The Labute approximate surface area is 117 Å². The third kappa shape index (κ3) is 2.40. The van der Waals surface area contributed by atoms with E-state index in [1.165, 1.54) is 6.07 Å². The van der Waals surface area contributed by atoms with Gasteiger partial charge in [-0.2, -0.15) is 0 Å². The van der Waals surface area contributed by atoms with Crippen molar-refractivity contribution in [1.29, 1.82) is 0 Å². The molecule has 0 radical (unpaired) electrons. The molecule has 1 aromatic rings. The molecule has 1 aliphatic rings. The van der Waals surface area contributed by atoms with E-state index in [0.717, 1.165) is 12.0 Å². The molecule has 6 nitrogen and oxygen atoms in total. The fourth-order valence-electron chi connectivity index (χ4n) is 1.81. The summed E-state index contributed by atoms with van der Waals surface area (Å²) in [6.07, 6.45) is 0.809. The fourth-order valence-corrected chi connectivity index (χ4v) is 2.38. The van der Waals surface area contributed by atoms with Gasteiger partial charge in [-0.25, -0.2) is 0 Å². The van der Waals surface area contributed by atoms with Crippen LogP contribution in [0.5, 0.6) is 11.5 Å². The molecule has 0 aromatic heterocycles. The Bertz CT molecular complexity index is 525. The van der Waals surface area contributed by atoms with Gasteiger partial charge in [-0.3, -0.25) is 0 Å². The number of aliphatic carboxylic acids is 2. The van der Waals surface area contributed by atoms with Gasteiger partial charge in [0, 0.05) is 0 Å². The van der Waals surface area contributed by atoms with E-state index < -0.39 is 17.7 Å². The molecule has 2 N–H and O–H groups in total. The summed E-state index contributed by atoms with van der Waals surface area (Å²) < 4.78 is 10.5. The molecule has 1 unspecified atom stereocenters. The second kappa shape index (κ2) is 4.77. The predicted molar refractivity (Wildman–Crippen MR) is 67.4 cm³/mol. The van der Waals surface area contributed by atoms with Crippen molar-refractivity contribution in [3.05, 3.63) is 23.8 Å². The van der Waals surface area contributed by atoms with Gasteiger partial charge < -0.3 is 0 Å². The van der Waals surface area contributed by atoms with Crippen LogP contribution in [-0.4, -0.2) is 44.8 Å². The molecule has 1 heterocycles. The van der Waals surface area contributed by atoms with E-state index in [1.807, 2.05) is 0 Å². The van der Waals surface area contributed by atoms with E-state index in [2.05, 4.69) is 6.92 Å². The van der Waals surface area contributed by atoms with Crippen LogP contribution < -0.4 is 9.47 Å². The summed E-state index contributed by atoms with van der Waals surface area (Å²) in [5.41, 5.74) is 0.950. The molecule has 2 atom stereocenters. The van der Waals surface area contributed by atoms with Crippen molar-refractivity contribution >= 4 is 28.8 Å². The van der Waals surface area contributed by atoms with Gasteiger partial charge in [-0.05, 0) is 0 Å². The fraction of sp³-hybridized carbons (Fsp3) is 0.333. The number of rotatable bonds is 4. The summed E-state index contributed by atoms with van der Waals surface area (Å²) in [7, 11) is 0. The molecule has 0 fully saturated rings. The van der Waals surface area contributed by atoms with Gasteiger partial charge in [0.25, 0.3) is 0 Å². The van der Waals surface area contributed by atoms with Gasteiger partial charge in [0.15, 0.2) is 0 Å². The number of hydrogen-bond donors (Lipinski definition) is 2. The van der Waals surface area contributed by atoms with E-state index in [1.54, 1.807) is 29.0 Å². The second-order valence-corrected chi connectivity index (χ2v) is 6.78. The molecule has 0 saturated heterocycles. The first-order valence-corrected chi connectivity index (χ1v) is 6.98. The zero-order chi connectivity index (χ0) is 14.2. The standard InChI is InChI=1S/C12H13AsO6/c1-6(13)4-7-2-3-8-9(5-7)19-12(18-8,10(14)15)11(16)17/h2-3,5-6H,4,13H2,1H3,(H,14,15)(H,16,17)/t6-/m1/s1. The normalized spacial score (nSPS) is 16.9. The Morgan fingerprint density at radius 1 is 1.26 bits per heavy atom. The Balaban J connectivity index is 2.34. The van der Waals surface area contributed by atoms with Crippen LogP contribution >= 0.6 is 0 Å². The minimum atomic E-state index is -2.68. The zero-order valence-electron chi connectivity index (χ0n) is 10.1. The van der Waals surface area contributed by atoms with Gasteiger partial charge in [-0.1, -0.05) is 0 Å². The zero-order valence-corrected chi connectivity index (χ0v) is 12.5. The number of carboxylic acids is 2. The molecule has 0 saturated carbocycles. The van der Waals surface area contributed by atoms with Crippen LogP contribution in [0.1, 0.15) is 12.5 Å². The monoisotopic (exact) mass is 328 g/mol.